The summed E-state index contributed by atoms with van der Waals surface area (Å²) in [5.74, 6) is -0.523. The van der Waals surface area contributed by atoms with Crippen molar-refractivity contribution in [3.05, 3.63) is 73.1 Å². The second kappa shape index (κ2) is 7.24. The van der Waals surface area contributed by atoms with E-state index in [4.69, 9.17) is 0 Å². The van der Waals surface area contributed by atoms with Gasteiger partial charge in [-0.25, -0.2) is 4.39 Å². The fourth-order valence-electron chi connectivity index (χ4n) is 1.96. The van der Waals surface area contributed by atoms with Crippen molar-refractivity contribution in [1.82, 2.24) is 0 Å². The molecule has 0 atom stereocenters. The number of anilines is 2. The predicted molar refractivity (Wildman–Crippen MR) is 83.9 cm³/mol. The SMILES string of the molecule is C=CCN(C(=O)CNc1ccccc1F)c1ccccc1. The molecule has 3 nitrogen and oxygen atoms in total. The van der Waals surface area contributed by atoms with Gasteiger partial charge in [-0.2, -0.15) is 0 Å². The zero-order valence-corrected chi connectivity index (χ0v) is 11.6. The lowest BCUT2D eigenvalue weighted by Crippen LogP contribution is -2.35. The second-order valence-electron chi connectivity index (χ2n) is 4.46. The Morgan fingerprint density at radius 2 is 1.81 bits per heavy atom. The van der Waals surface area contributed by atoms with E-state index in [1.807, 2.05) is 30.3 Å². The van der Waals surface area contributed by atoms with E-state index in [0.717, 1.165) is 5.69 Å². The van der Waals surface area contributed by atoms with E-state index in [-0.39, 0.29) is 18.3 Å². The molecule has 108 valence electrons. The molecular formula is C17H17FN2O. The Balaban J connectivity index is 2.06. The normalized spacial score (nSPS) is 9.95. The third-order valence-electron chi connectivity index (χ3n) is 2.98. The fourth-order valence-corrected chi connectivity index (χ4v) is 1.96. The van der Waals surface area contributed by atoms with Crippen molar-refractivity contribution in [3.8, 4) is 0 Å². The van der Waals surface area contributed by atoms with Crippen LogP contribution in [0.4, 0.5) is 15.8 Å². The molecule has 0 aliphatic rings. The minimum absolute atomic E-state index is 0.0175. The zero-order valence-electron chi connectivity index (χ0n) is 11.6. The number of halogens is 1. The highest BCUT2D eigenvalue weighted by molar-refractivity contribution is 5.96. The van der Waals surface area contributed by atoms with Crippen LogP contribution in [0.25, 0.3) is 0 Å². The van der Waals surface area contributed by atoms with Gasteiger partial charge in [0.05, 0.1) is 12.2 Å². The van der Waals surface area contributed by atoms with E-state index in [1.165, 1.54) is 6.07 Å². The number of para-hydroxylation sites is 2. The quantitative estimate of drug-likeness (QED) is 0.824. The molecule has 0 fully saturated rings. The van der Waals surface area contributed by atoms with Gasteiger partial charge in [0.1, 0.15) is 5.82 Å². The fraction of sp³-hybridized carbons (Fsp3) is 0.118. The average molecular weight is 284 g/mol. The molecule has 0 unspecified atom stereocenters. The summed E-state index contributed by atoms with van der Waals surface area (Å²) in [6.45, 7) is 4.09. The first kappa shape index (κ1) is 14.8. The first-order valence-electron chi connectivity index (χ1n) is 6.67. The van der Waals surface area contributed by atoms with Crippen LogP contribution < -0.4 is 10.2 Å². The molecule has 1 amide bonds. The summed E-state index contributed by atoms with van der Waals surface area (Å²) < 4.78 is 13.5. The van der Waals surface area contributed by atoms with Crippen molar-refractivity contribution in [2.24, 2.45) is 0 Å². The van der Waals surface area contributed by atoms with Gasteiger partial charge in [0, 0.05) is 12.2 Å². The number of amides is 1. The maximum Gasteiger partial charge on any atom is 0.246 e. The van der Waals surface area contributed by atoms with Crippen molar-refractivity contribution >= 4 is 17.3 Å². The summed E-state index contributed by atoms with van der Waals surface area (Å²) in [7, 11) is 0. The molecule has 0 aliphatic heterocycles. The van der Waals surface area contributed by atoms with Crippen molar-refractivity contribution < 1.29 is 9.18 Å². The molecule has 0 spiro atoms. The zero-order chi connectivity index (χ0) is 15.1. The largest absolute Gasteiger partial charge is 0.374 e. The van der Waals surface area contributed by atoms with Gasteiger partial charge in [0.15, 0.2) is 0 Å². The third kappa shape index (κ3) is 3.92. The number of carbonyl (C=O) groups excluding carboxylic acids is 1. The summed E-state index contributed by atoms with van der Waals surface area (Å²) >= 11 is 0. The lowest BCUT2D eigenvalue weighted by molar-refractivity contribution is -0.116. The Morgan fingerprint density at radius 3 is 2.48 bits per heavy atom. The molecule has 0 aromatic heterocycles. The van der Waals surface area contributed by atoms with Crippen LogP contribution in [0.2, 0.25) is 0 Å². The van der Waals surface area contributed by atoms with E-state index in [9.17, 15) is 9.18 Å². The maximum absolute atomic E-state index is 13.5. The highest BCUT2D eigenvalue weighted by Crippen LogP contribution is 2.15. The van der Waals surface area contributed by atoms with Gasteiger partial charge in [-0.15, -0.1) is 6.58 Å². The van der Waals surface area contributed by atoms with E-state index in [2.05, 4.69) is 11.9 Å². The topological polar surface area (TPSA) is 32.3 Å². The summed E-state index contributed by atoms with van der Waals surface area (Å²) in [5.41, 5.74) is 1.11. The minimum Gasteiger partial charge on any atom is -0.374 e. The summed E-state index contributed by atoms with van der Waals surface area (Å²) in [6.07, 6.45) is 1.66. The number of nitrogens with one attached hydrogen (secondary N) is 1. The van der Waals surface area contributed by atoms with E-state index >= 15 is 0 Å². The molecule has 0 heterocycles. The molecule has 1 N–H and O–H groups in total. The summed E-state index contributed by atoms with van der Waals surface area (Å²) in [4.78, 5) is 13.9. The van der Waals surface area contributed by atoms with Crippen LogP contribution >= 0.6 is 0 Å². The molecule has 2 aromatic carbocycles. The minimum atomic E-state index is -0.375. The number of nitrogens with zero attached hydrogens (tertiary/aromatic N) is 1. The monoisotopic (exact) mass is 284 g/mol. The number of rotatable bonds is 6. The first-order valence-corrected chi connectivity index (χ1v) is 6.67. The van der Waals surface area contributed by atoms with Crippen LogP contribution in [0.5, 0.6) is 0 Å². The summed E-state index contributed by atoms with van der Waals surface area (Å²) in [6, 6.07) is 15.6. The number of carbonyl (C=O) groups is 1. The molecule has 0 saturated heterocycles. The van der Waals surface area contributed by atoms with Crippen LogP contribution in [-0.2, 0) is 4.79 Å². The number of hydrogen-bond acceptors (Lipinski definition) is 2. The lowest BCUT2D eigenvalue weighted by Gasteiger charge is -2.21. The van der Waals surface area contributed by atoms with Gasteiger partial charge < -0.3 is 10.2 Å². The average Bonchev–Trinajstić information content (AvgIpc) is 2.52. The van der Waals surface area contributed by atoms with Crippen LogP contribution in [0, 0.1) is 5.82 Å². The molecule has 0 radical (unpaired) electrons. The smallest absolute Gasteiger partial charge is 0.246 e. The Kier molecular flexibility index (Phi) is 5.10. The van der Waals surface area contributed by atoms with Crippen molar-refractivity contribution in [3.63, 3.8) is 0 Å². The van der Waals surface area contributed by atoms with Gasteiger partial charge in [0.2, 0.25) is 5.91 Å². The molecule has 4 heteroatoms. The van der Waals surface area contributed by atoms with Gasteiger partial charge >= 0.3 is 0 Å². The Morgan fingerprint density at radius 1 is 1.14 bits per heavy atom. The highest BCUT2D eigenvalue weighted by atomic mass is 19.1. The standard InChI is InChI=1S/C17H17FN2O/c1-2-12-20(14-8-4-3-5-9-14)17(21)13-19-16-11-7-6-10-15(16)18/h2-11,19H,1,12-13H2. The first-order chi connectivity index (χ1) is 10.2. The Hall–Kier alpha value is -2.62. The van der Waals surface area contributed by atoms with E-state index in [1.54, 1.807) is 29.2 Å². The molecule has 21 heavy (non-hydrogen) atoms. The molecular weight excluding hydrogens is 267 g/mol. The molecule has 2 rings (SSSR count). The Bertz CT molecular complexity index is 613. The van der Waals surface area contributed by atoms with Crippen LogP contribution in [0.1, 0.15) is 0 Å². The van der Waals surface area contributed by atoms with E-state index < -0.39 is 0 Å². The van der Waals surface area contributed by atoms with Crippen LogP contribution in [-0.4, -0.2) is 19.0 Å². The predicted octanol–water partition coefficient (Wildman–Crippen LogP) is 3.46. The highest BCUT2D eigenvalue weighted by Gasteiger charge is 2.14. The van der Waals surface area contributed by atoms with Gasteiger partial charge in [-0.05, 0) is 24.3 Å². The summed E-state index contributed by atoms with van der Waals surface area (Å²) in [5, 5.41) is 2.82. The van der Waals surface area contributed by atoms with Crippen LogP contribution in [0.3, 0.4) is 0 Å². The molecule has 0 saturated carbocycles. The lowest BCUT2D eigenvalue weighted by atomic mass is 10.2. The van der Waals surface area contributed by atoms with Gasteiger partial charge in [-0.1, -0.05) is 36.4 Å². The van der Waals surface area contributed by atoms with Crippen molar-refractivity contribution in [1.29, 1.82) is 0 Å². The van der Waals surface area contributed by atoms with Gasteiger partial charge in [-0.3, -0.25) is 4.79 Å². The van der Waals surface area contributed by atoms with Crippen molar-refractivity contribution in [2.45, 2.75) is 0 Å². The molecule has 0 bridgehead atoms. The second-order valence-corrected chi connectivity index (χ2v) is 4.46. The number of benzene rings is 2. The van der Waals surface area contributed by atoms with Crippen molar-refractivity contribution in [2.75, 3.05) is 23.3 Å². The third-order valence-corrected chi connectivity index (χ3v) is 2.98. The molecule has 2 aromatic rings. The van der Waals surface area contributed by atoms with Crippen LogP contribution in [0.15, 0.2) is 67.3 Å². The number of hydrogen-bond donors (Lipinski definition) is 1. The Labute approximate surface area is 123 Å². The molecule has 0 aliphatic carbocycles. The maximum atomic E-state index is 13.5. The van der Waals surface area contributed by atoms with E-state index in [0.29, 0.717) is 12.2 Å². The van der Waals surface area contributed by atoms with Gasteiger partial charge in [0.25, 0.3) is 0 Å².